The van der Waals surface area contributed by atoms with Crippen molar-refractivity contribution in [3.8, 4) is 0 Å². The Morgan fingerprint density at radius 3 is 2.50 bits per heavy atom. The number of amides is 1. The average molecular weight is 378 g/mol. The molecule has 0 unspecified atom stereocenters. The van der Waals surface area contributed by atoms with Gasteiger partial charge >= 0.3 is 0 Å². The Labute approximate surface area is 155 Å². The molecule has 1 spiro atoms. The molecule has 1 aromatic rings. The summed E-state index contributed by atoms with van der Waals surface area (Å²) < 4.78 is 26.9. The number of hydrogen-bond donors (Lipinski definition) is 0. The van der Waals surface area contributed by atoms with Gasteiger partial charge in [0.25, 0.3) is 0 Å². The highest BCUT2D eigenvalue weighted by molar-refractivity contribution is 7.89. The molecule has 6 nitrogen and oxygen atoms in total. The van der Waals surface area contributed by atoms with Crippen LogP contribution in [0.4, 0.5) is 0 Å². The average Bonchev–Trinajstić information content (AvgIpc) is 3.32. The molecule has 142 valence electrons. The second-order valence-electron chi connectivity index (χ2n) is 8.08. The molecule has 7 heteroatoms. The first-order valence-corrected chi connectivity index (χ1v) is 11.1. The van der Waals surface area contributed by atoms with Gasteiger partial charge in [0.1, 0.15) is 4.90 Å². The molecule has 1 aliphatic carbocycles. The zero-order chi connectivity index (χ0) is 18.2. The van der Waals surface area contributed by atoms with Crippen LogP contribution in [-0.2, 0) is 14.8 Å². The molecule has 2 saturated heterocycles. The standard InChI is InChI=1S/C19H27N3O3S/c23-18(21-13-9-19(15-21)7-1-2-8-19)16-5-11-22(12-6-16)26(24,25)17-4-3-10-20-14-17/h3-4,10,14,16H,1-2,5-9,11-13,15H2. The molecular weight excluding hydrogens is 350 g/mol. The maximum absolute atomic E-state index is 12.9. The molecule has 1 aromatic heterocycles. The Hall–Kier alpha value is -1.47. The van der Waals surface area contributed by atoms with E-state index in [1.807, 2.05) is 0 Å². The van der Waals surface area contributed by atoms with Crippen LogP contribution >= 0.6 is 0 Å². The number of likely N-dealkylation sites (tertiary alicyclic amines) is 1. The molecule has 0 N–H and O–H groups in total. The Bertz CT molecular complexity index is 751. The van der Waals surface area contributed by atoms with Crippen molar-refractivity contribution in [2.75, 3.05) is 26.2 Å². The van der Waals surface area contributed by atoms with E-state index in [2.05, 4.69) is 9.88 Å². The van der Waals surface area contributed by atoms with E-state index in [0.717, 1.165) is 19.5 Å². The summed E-state index contributed by atoms with van der Waals surface area (Å²) in [6, 6.07) is 3.21. The summed E-state index contributed by atoms with van der Waals surface area (Å²) in [5.74, 6) is 0.208. The van der Waals surface area contributed by atoms with E-state index in [1.165, 1.54) is 36.2 Å². The molecule has 0 radical (unpaired) electrons. The van der Waals surface area contributed by atoms with Crippen molar-refractivity contribution >= 4 is 15.9 Å². The lowest BCUT2D eigenvalue weighted by Gasteiger charge is -2.33. The van der Waals surface area contributed by atoms with Gasteiger partial charge in [0, 0.05) is 44.5 Å². The number of pyridine rings is 1. The van der Waals surface area contributed by atoms with Gasteiger partial charge in [0.15, 0.2) is 0 Å². The normalized spacial score (nSPS) is 24.4. The number of piperidine rings is 1. The number of carbonyl (C=O) groups excluding carboxylic acids is 1. The van der Waals surface area contributed by atoms with Gasteiger partial charge in [-0.05, 0) is 49.7 Å². The van der Waals surface area contributed by atoms with Crippen LogP contribution in [0.15, 0.2) is 29.4 Å². The van der Waals surface area contributed by atoms with Crippen molar-refractivity contribution < 1.29 is 13.2 Å². The number of aromatic nitrogens is 1. The van der Waals surface area contributed by atoms with Crippen molar-refractivity contribution in [2.45, 2.75) is 49.8 Å². The summed E-state index contributed by atoms with van der Waals surface area (Å²) in [5, 5.41) is 0. The maximum atomic E-state index is 12.9. The van der Waals surface area contributed by atoms with E-state index in [-0.39, 0.29) is 16.7 Å². The summed E-state index contributed by atoms with van der Waals surface area (Å²) in [5.41, 5.74) is 0.389. The van der Waals surface area contributed by atoms with E-state index < -0.39 is 10.0 Å². The SMILES string of the molecule is O=C(C1CCN(S(=O)(=O)c2cccnc2)CC1)N1CCC2(CCCC2)C1. The number of sulfonamides is 1. The van der Waals surface area contributed by atoms with Gasteiger partial charge in [-0.3, -0.25) is 9.78 Å². The Balaban J connectivity index is 1.36. The molecular formula is C19H27N3O3S. The molecule has 26 heavy (non-hydrogen) atoms. The van der Waals surface area contributed by atoms with Crippen LogP contribution in [0.1, 0.15) is 44.9 Å². The van der Waals surface area contributed by atoms with Crippen molar-refractivity contribution in [3.63, 3.8) is 0 Å². The van der Waals surface area contributed by atoms with E-state index >= 15 is 0 Å². The molecule has 4 rings (SSSR count). The fraction of sp³-hybridized carbons (Fsp3) is 0.684. The van der Waals surface area contributed by atoms with Crippen molar-refractivity contribution in [1.29, 1.82) is 0 Å². The number of carbonyl (C=O) groups is 1. The topological polar surface area (TPSA) is 70.6 Å². The van der Waals surface area contributed by atoms with Crippen molar-refractivity contribution in [1.82, 2.24) is 14.2 Å². The van der Waals surface area contributed by atoms with Crippen LogP contribution in [0.3, 0.4) is 0 Å². The predicted molar refractivity (Wildman–Crippen MR) is 97.8 cm³/mol. The molecule has 3 fully saturated rings. The highest BCUT2D eigenvalue weighted by Crippen LogP contribution is 2.45. The number of hydrogen-bond acceptors (Lipinski definition) is 4. The first-order valence-electron chi connectivity index (χ1n) is 9.69. The Kier molecular flexibility index (Phi) is 4.77. The zero-order valence-electron chi connectivity index (χ0n) is 15.1. The van der Waals surface area contributed by atoms with Gasteiger partial charge in [0.05, 0.1) is 0 Å². The first-order chi connectivity index (χ1) is 12.5. The van der Waals surface area contributed by atoms with Crippen LogP contribution in [0.5, 0.6) is 0 Å². The summed E-state index contributed by atoms with van der Waals surface area (Å²) in [4.78, 5) is 19.1. The van der Waals surface area contributed by atoms with Crippen LogP contribution < -0.4 is 0 Å². The smallest absolute Gasteiger partial charge is 0.244 e. The highest BCUT2D eigenvalue weighted by Gasteiger charge is 2.43. The van der Waals surface area contributed by atoms with Crippen LogP contribution in [0, 0.1) is 11.3 Å². The van der Waals surface area contributed by atoms with Crippen molar-refractivity contribution in [2.24, 2.45) is 11.3 Å². The van der Waals surface area contributed by atoms with Gasteiger partial charge in [-0.2, -0.15) is 4.31 Å². The zero-order valence-corrected chi connectivity index (χ0v) is 16.0. The quantitative estimate of drug-likeness (QED) is 0.810. The Morgan fingerprint density at radius 2 is 1.85 bits per heavy atom. The monoisotopic (exact) mass is 377 g/mol. The third-order valence-electron chi connectivity index (χ3n) is 6.49. The lowest BCUT2D eigenvalue weighted by Crippen LogP contribution is -2.44. The fourth-order valence-electron chi connectivity index (χ4n) is 4.91. The van der Waals surface area contributed by atoms with Gasteiger partial charge < -0.3 is 4.90 Å². The summed E-state index contributed by atoms with van der Waals surface area (Å²) in [6.45, 7) is 2.62. The van der Waals surface area contributed by atoms with Gasteiger partial charge in [-0.15, -0.1) is 0 Å². The van der Waals surface area contributed by atoms with Gasteiger partial charge in [-0.1, -0.05) is 12.8 Å². The third-order valence-corrected chi connectivity index (χ3v) is 8.37. The Morgan fingerprint density at radius 1 is 1.12 bits per heavy atom. The second kappa shape index (κ2) is 6.93. The second-order valence-corrected chi connectivity index (χ2v) is 10.0. The minimum absolute atomic E-state index is 0.0353. The summed E-state index contributed by atoms with van der Waals surface area (Å²) in [7, 11) is -3.50. The van der Waals surface area contributed by atoms with E-state index in [0.29, 0.717) is 31.3 Å². The largest absolute Gasteiger partial charge is 0.342 e. The molecule has 1 amide bonds. The molecule has 3 aliphatic rings. The molecule has 0 aromatic carbocycles. The molecule has 0 atom stereocenters. The van der Waals surface area contributed by atoms with E-state index in [1.54, 1.807) is 18.3 Å². The van der Waals surface area contributed by atoms with Crippen LogP contribution in [0.2, 0.25) is 0 Å². The van der Waals surface area contributed by atoms with Gasteiger partial charge in [-0.25, -0.2) is 8.42 Å². The lowest BCUT2D eigenvalue weighted by atomic mass is 9.85. The molecule has 3 heterocycles. The van der Waals surface area contributed by atoms with Gasteiger partial charge in [0.2, 0.25) is 15.9 Å². The van der Waals surface area contributed by atoms with Crippen LogP contribution in [-0.4, -0.2) is 54.7 Å². The fourth-order valence-corrected chi connectivity index (χ4v) is 6.34. The van der Waals surface area contributed by atoms with E-state index in [4.69, 9.17) is 0 Å². The first kappa shape index (κ1) is 17.9. The van der Waals surface area contributed by atoms with Crippen LogP contribution in [0.25, 0.3) is 0 Å². The maximum Gasteiger partial charge on any atom is 0.244 e. The highest BCUT2D eigenvalue weighted by atomic mass is 32.2. The summed E-state index contributed by atoms with van der Waals surface area (Å²) in [6.07, 6.45) is 10.4. The molecule has 0 bridgehead atoms. The predicted octanol–water partition coefficient (Wildman–Crippen LogP) is 2.28. The molecule has 2 aliphatic heterocycles. The van der Waals surface area contributed by atoms with E-state index in [9.17, 15) is 13.2 Å². The number of rotatable bonds is 3. The minimum atomic E-state index is -3.50. The minimum Gasteiger partial charge on any atom is -0.342 e. The van der Waals surface area contributed by atoms with Crippen molar-refractivity contribution in [3.05, 3.63) is 24.5 Å². The summed E-state index contributed by atoms with van der Waals surface area (Å²) >= 11 is 0. The molecule has 1 saturated carbocycles. The number of nitrogens with zero attached hydrogens (tertiary/aromatic N) is 3. The third kappa shape index (κ3) is 3.27. The lowest BCUT2D eigenvalue weighted by molar-refractivity contribution is -0.136.